The first kappa shape index (κ1) is 28.0. The molecule has 0 amide bonds. The van der Waals surface area contributed by atoms with Crippen molar-refractivity contribution in [3.8, 4) is 56.4 Å². The van der Waals surface area contributed by atoms with E-state index in [9.17, 15) is 0 Å². The maximum atomic E-state index is 8.34. The zero-order valence-electron chi connectivity index (χ0n) is 28.4. The van der Waals surface area contributed by atoms with E-state index < -0.39 is 0 Å². The molecule has 0 aliphatic rings. The van der Waals surface area contributed by atoms with Crippen molar-refractivity contribution in [2.75, 3.05) is 0 Å². The fourth-order valence-electron chi connectivity index (χ4n) is 7.13. The molecule has 0 radical (unpaired) electrons. The molecule has 10 rings (SSSR count). The van der Waals surface area contributed by atoms with E-state index in [0.29, 0.717) is 23.5 Å². The average molecular weight is 653 g/mol. The lowest BCUT2D eigenvalue weighted by atomic mass is 9.97. The molecule has 0 N–H and O–H groups in total. The Morgan fingerprint density at radius 2 is 0.941 bits per heavy atom. The lowest BCUT2D eigenvalue weighted by Crippen LogP contribution is -2.01. The van der Waals surface area contributed by atoms with Gasteiger partial charge in [-0.15, -0.1) is 0 Å². The van der Waals surface area contributed by atoms with Crippen LogP contribution in [0, 0.1) is 0 Å². The normalized spacial score (nSPS) is 11.8. The SMILES string of the molecule is [2H]c1ccc2oc3cccc(-c4nc(-c5ccc6cc(-c7ccc8ccccc8c7)ccc6c5)nc(-c5ccccc5-c5ccccc5)n4)c3c2c1. The van der Waals surface area contributed by atoms with Gasteiger partial charge in [-0.25, -0.2) is 15.0 Å². The Bertz CT molecular complexity index is 2990. The first-order valence-electron chi connectivity index (χ1n) is 17.5. The highest BCUT2D eigenvalue weighted by molar-refractivity contribution is 6.11. The number of hydrogen-bond donors (Lipinski definition) is 0. The molecular weight excluding hydrogens is 623 g/mol. The minimum atomic E-state index is 0.416. The van der Waals surface area contributed by atoms with Gasteiger partial charge in [-0.2, -0.15) is 0 Å². The van der Waals surface area contributed by atoms with Crippen molar-refractivity contribution < 1.29 is 5.79 Å². The zero-order chi connectivity index (χ0) is 34.6. The summed E-state index contributed by atoms with van der Waals surface area (Å²) in [6, 6.07) is 58.4. The van der Waals surface area contributed by atoms with E-state index in [1.807, 2.05) is 60.7 Å². The Labute approximate surface area is 295 Å². The van der Waals surface area contributed by atoms with E-state index in [0.717, 1.165) is 60.5 Å². The van der Waals surface area contributed by atoms with Gasteiger partial charge in [0, 0.05) is 27.5 Å². The second kappa shape index (κ2) is 11.9. The summed E-state index contributed by atoms with van der Waals surface area (Å²) in [5, 5.41) is 6.44. The molecule has 0 unspecified atom stereocenters. The van der Waals surface area contributed by atoms with Crippen molar-refractivity contribution >= 4 is 43.5 Å². The molecule has 0 saturated carbocycles. The van der Waals surface area contributed by atoms with Crippen LogP contribution in [0.25, 0.3) is 99.9 Å². The van der Waals surface area contributed by atoms with Crippen LogP contribution < -0.4 is 0 Å². The van der Waals surface area contributed by atoms with E-state index in [1.165, 1.54) is 21.9 Å². The van der Waals surface area contributed by atoms with Crippen LogP contribution in [0.1, 0.15) is 1.37 Å². The molecule has 0 aliphatic heterocycles. The van der Waals surface area contributed by atoms with Gasteiger partial charge < -0.3 is 4.42 Å². The Morgan fingerprint density at radius 1 is 0.373 bits per heavy atom. The quantitative estimate of drug-likeness (QED) is 0.186. The third-order valence-electron chi connectivity index (χ3n) is 9.65. The van der Waals surface area contributed by atoms with Gasteiger partial charge in [0.05, 0.1) is 1.37 Å². The summed E-state index contributed by atoms with van der Waals surface area (Å²) < 4.78 is 14.6. The van der Waals surface area contributed by atoms with Crippen LogP contribution in [0.2, 0.25) is 0 Å². The Morgan fingerprint density at radius 3 is 1.75 bits per heavy atom. The fraction of sp³-hybridized carbons (Fsp3) is 0. The summed E-state index contributed by atoms with van der Waals surface area (Å²) in [7, 11) is 0. The van der Waals surface area contributed by atoms with Crippen molar-refractivity contribution in [3.05, 3.63) is 176 Å². The van der Waals surface area contributed by atoms with Gasteiger partial charge in [0.1, 0.15) is 11.2 Å². The summed E-state index contributed by atoms with van der Waals surface area (Å²) in [4.78, 5) is 15.5. The van der Waals surface area contributed by atoms with E-state index in [2.05, 4.69) is 103 Å². The molecule has 2 heterocycles. The highest BCUT2D eigenvalue weighted by Gasteiger charge is 2.19. The molecule has 2 aromatic heterocycles. The number of nitrogens with zero attached hydrogens (tertiary/aromatic N) is 3. The summed E-state index contributed by atoms with van der Waals surface area (Å²) in [5.74, 6) is 1.70. The molecule has 238 valence electrons. The lowest BCUT2D eigenvalue weighted by Gasteiger charge is -2.13. The van der Waals surface area contributed by atoms with Crippen LogP contribution in [0.15, 0.2) is 180 Å². The highest BCUT2D eigenvalue weighted by Crippen LogP contribution is 2.38. The van der Waals surface area contributed by atoms with Gasteiger partial charge in [-0.3, -0.25) is 0 Å². The van der Waals surface area contributed by atoms with Crippen molar-refractivity contribution in [2.45, 2.75) is 0 Å². The van der Waals surface area contributed by atoms with Gasteiger partial charge >= 0.3 is 0 Å². The molecule has 0 fully saturated rings. The maximum absolute atomic E-state index is 8.34. The van der Waals surface area contributed by atoms with E-state index in [4.69, 9.17) is 20.7 Å². The summed E-state index contributed by atoms with van der Waals surface area (Å²) in [6.07, 6.45) is 0. The van der Waals surface area contributed by atoms with Crippen molar-refractivity contribution in [2.24, 2.45) is 0 Å². The third kappa shape index (κ3) is 5.13. The van der Waals surface area contributed by atoms with E-state index in [1.54, 1.807) is 6.07 Å². The second-order valence-electron chi connectivity index (χ2n) is 12.8. The predicted octanol–water partition coefficient (Wildman–Crippen LogP) is 12.4. The molecule has 10 aromatic rings. The summed E-state index contributed by atoms with van der Waals surface area (Å²) in [5.41, 5.74) is 8.56. The summed E-state index contributed by atoms with van der Waals surface area (Å²) in [6.45, 7) is 0. The number of furan rings is 1. The number of rotatable bonds is 5. The Kier molecular flexibility index (Phi) is 6.53. The smallest absolute Gasteiger partial charge is 0.164 e. The monoisotopic (exact) mass is 652 g/mol. The largest absolute Gasteiger partial charge is 0.456 e. The molecule has 4 nitrogen and oxygen atoms in total. The third-order valence-corrected chi connectivity index (χ3v) is 9.65. The van der Waals surface area contributed by atoms with Crippen molar-refractivity contribution in [1.29, 1.82) is 0 Å². The minimum Gasteiger partial charge on any atom is -0.456 e. The minimum absolute atomic E-state index is 0.416. The first-order valence-corrected chi connectivity index (χ1v) is 17.0. The van der Waals surface area contributed by atoms with Crippen LogP contribution in [0.4, 0.5) is 0 Å². The molecule has 8 aromatic carbocycles. The van der Waals surface area contributed by atoms with Gasteiger partial charge in [0.15, 0.2) is 17.5 Å². The average Bonchev–Trinajstić information content (AvgIpc) is 3.58. The zero-order valence-corrected chi connectivity index (χ0v) is 27.4. The van der Waals surface area contributed by atoms with Crippen LogP contribution in [-0.4, -0.2) is 15.0 Å². The second-order valence-corrected chi connectivity index (χ2v) is 12.8. The Balaban J connectivity index is 1.15. The molecule has 0 spiro atoms. The Hall–Kier alpha value is -6.91. The maximum Gasteiger partial charge on any atom is 0.164 e. The van der Waals surface area contributed by atoms with Crippen LogP contribution in [0.5, 0.6) is 0 Å². The van der Waals surface area contributed by atoms with E-state index in [-0.39, 0.29) is 0 Å². The molecule has 0 atom stereocenters. The van der Waals surface area contributed by atoms with Gasteiger partial charge in [-0.1, -0.05) is 146 Å². The number of benzene rings is 8. The van der Waals surface area contributed by atoms with Crippen LogP contribution >= 0.6 is 0 Å². The molecule has 51 heavy (non-hydrogen) atoms. The topological polar surface area (TPSA) is 51.8 Å². The summed E-state index contributed by atoms with van der Waals surface area (Å²) >= 11 is 0. The highest BCUT2D eigenvalue weighted by atomic mass is 16.3. The molecule has 0 saturated heterocycles. The number of aromatic nitrogens is 3. The molecule has 0 aliphatic carbocycles. The standard InChI is InChI=1S/C47H29N3O/c1-2-12-31(13-3-1)38-15-6-7-16-39(38)46-48-45(49-47(50-46)41-18-10-20-43-44(41)40-17-8-9-19-42(40)51-43)37-26-25-35-28-34(23-24-36(35)29-37)33-22-21-30-11-4-5-14-32(30)27-33/h1-29H/i8D. The van der Waals surface area contributed by atoms with Gasteiger partial charge in [-0.05, 0) is 74.1 Å². The van der Waals surface area contributed by atoms with Gasteiger partial charge in [0.2, 0.25) is 0 Å². The molecule has 0 bridgehead atoms. The van der Waals surface area contributed by atoms with Crippen LogP contribution in [0.3, 0.4) is 0 Å². The van der Waals surface area contributed by atoms with Crippen molar-refractivity contribution in [1.82, 2.24) is 15.0 Å². The first-order chi connectivity index (χ1) is 25.6. The number of para-hydroxylation sites is 1. The number of hydrogen-bond acceptors (Lipinski definition) is 4. The molecule has 4 heteroatoms. The predicted molar refractivity (Wildman–Crippen MR) is 209 cm³/mol. The fourth-order valence-corrected chi connectivity index (χ4v) is 7.13. The lowest BCUT2D eigenvalue weighted by molar-refractivity contribution is 0.669. The molecular formula is C47H29N3O. The van der Waals surface area contributed by atoms with Crippen molar-refractivity contribution in [3.63, 3.8) is 0 Å². The van der Waals surface area contributed by atoms with E-state index >= 15 is 0 Å². The number of fused-ring (bicyclic) bond motifs is 5. The van der Waals surface area contributed by atoms with Gasteiger partial charge in [0.25, 0.3) is 0 Å². The van der Waals surface area contributed by atoms with Crippen LogP contribution in [-0.2, 0) is 0 Å².